The Balaban J connectivity index is 2.42. The molecule has 0 N–H and O–H groups in total. The Morgan fingerprint density at radius 3 is 2.57 bits per heavy atom. The molecule has 0 saturated heterocycles. The molecule has 2 heteroatoms. The highest BCUT2D eigenvalue weighted by Crippen LogP contribution is 2.04. The van der Waals surface area contributed by atoms with Gasteiger partial charge >= 0.3 is 0 Å². The number of hydrogen-bond acceptors (Lipinski definition) is 1. The van der Waals surface area contributed by atoms with E-state index < -0.39 is 5.83 Å². The van der Waals surface area contributed by atoms with Crippen LogP contribution in [0, 0.1) is 0 Å². The van der Waals surface area contributed by atoms with E-state index in [-0.39, 0.29) is 5.78 Å². The number of rotatable bonds is 4. The number of ketones is 1. The predicted octanol–water partition coefficient (Wildman–Crippen LogP) is 3.06. The molecule has 0 bridgehead atoms. The highest BCUT2D eigenvalue weighted by Gasteiger charge is 1.99. The van der Waals surface area contributed by atoms with Gasteiger partial charge in [-0.15, -0.1) is 0 Å². The van der Waals surface area contributed by atoms with Crippen molar-refractivity contribution >= 4 is 5.78 Å². The van der Waals surface area contributed by atoms with Gasteiger partial charge in [-0.3, -0.25) is 4.79 Å². The summed E-state index contributed by atoms with van der Waals surface area (Å²) in [7, 11) is 0. The standard InChI is InChI=1S/C12H13FO/c1-10(13)9-12(14)8-7-11-5-3-2-4-6-11/h2-6,9H,7-8H2,1H3/b10-9+. The van der Waals surface area contributed by atoms with Crippen LogP contribution in [-0.2, 0) is 11.2 Å². The first kappa shape index (κ1) is 10.6. The average molecular weight is 192 g/mol. The number of benzene rings is 1. The van der Waals surface area contributed by atoms with Crippen LogP contribution in [0.1, 0.15) is 18.9 Å². The summed E-state index contributed by atoms with van der Waals surface area (Å²) in [5.74, 6) is -0.586. The van der Waals surface area contributed by atoms with Gasteiger partial charge in [0.15, 0.2) is 5.78 Å². The lowest BCUT2D eigenvalue weighted by atomic mass is 10.1. The third-order valence-electron chi connectivity index (χ3n) is 1.86. The fourth-order valence-corrected chi connectivity index (χ4v) is 1.21. The molecule has 0 saturated carbocycles. The van der Waals surface area contributed by atoms with Gasteiger partial charge in [0, 0.05) is 12.5 Å². The van der Waals surface area contributed by atoms with Crippen LogP contribution in [0.2, 0.25) is 0 Å². The summed E-state index contributed by atoms with van der Waals surface area (Å²) in [6.45, 7) is 1.28. The van der Waals surface area contributed by atoms with Crippen molar-refractivity contribution in [3.63, 3.8) is 0 Å². The van der Waals surface area contributed by atoms with Crippen LogP contribution in [0.4, 0.5) is 4.39 Å². The molecule has 74 valence electrons. The molecule has 0 radical (unpaired) electrons. The third-order valence-corrected chi connectivity index (χ3v) is 1.86. The maximum atomic E-state index is 12.3. The summed E-state index contributed by atoms with van der Waals surface area (Å²) >= 11 is 0. The molecule has 0 fully saturated rings. The van der Waals surface area contributed by atoms with Crippen LogP contribution < -0.4 is 0 Å². The summed E-state index contributed by atoms with van der Waals surface area (Å²) in [4.78, 5) is 11.1. The summed E-state index contributed by atoms with van der Waals surface area (Å²) in [6, 6.07) is 9.70. The van der Waals surface area contributed by atoms with E-state index in [2.05, 4.69) is 0 Å². The lowest BCUT2D eigenvalue weighted by Crippen LogP contribution is -1.96. The van der Waals surface area contributed by atoms with Crippen LogP contribution in [0.5, 0.6) is 0 Å². The molecule has 1 nitrogen and oxygen atoms in total. The van der Waals surface area contributed by atoms with E-state index in [1.54, 1.807) is 0 Å². The molecule has 1 rings (SSSR count). The first-order valence-electron chi connectivity index (χ1n) is 4.59. The van der Waals surface area contributed by atoms with Crippen molar-refractivity contribution in [1.82, 2.24) is 0 Å². The van der Waals surface area contributed by atoms with E-state index in [9.17, 15) is 9.18 Å². The van der Waals surface area contributed by atoms with Gasteiger partial charge in [0.05, 0.1) is 0 Å². The van der Waals surface area contributed by atoms with Gasteiger partial charge in [-0.25, -0.2) is 4.39 Å². The van der Waals surface area contributed by atoms with E-state index in [4.69, 9.17) is 0 Å². The monoisotopic (exact) mass is 192 g/mol. The van der Waals surface area contributed by atoms with E-state index >= 15 is 0 Å². The van der Waals surface area contributed by atoms with Crippen molar-refractivity contribution in [2.45, 2.75) is 19.8 Å². The minimum absolute atomic E-state index is 0.158. The number of aryl methyl sites for hydroxylation is 1. The Morgan fingerprint density at radius 2 is 2.00 bits per heavy atom. The Morgan fingerprint density at radius 1 is 1.36 bits per heavy atom. The molecular formula is C12H13FO. The molecule has 1 aromatic rings. The van der Waals surface area contributed by atoms with Crippen molar-refractivity contribution in [3.8, 4) is 0 Å². The second kappa shape index (κ2) is 5.32. The molecule has 0 aliphatic carbocycles. The quantitative estimate of drug-likeness (QED) is 0.670. The Bertz CT molecular complexity index is 323. The fraction of sp³-hybridized carbons (Fsp3) is 0.250. The molecule has 0 heterocycles. The lowest BCUT2D eigenvalue weighted by molar-refractivity contribution is -0.114. The highest BCUT2D eigenvalue weighted by atomic mass is 19.1. The zero-order valence-corrected chi connectivity index (χ0v) is 8.16. The second-order valence-electron chi connectivity index (χ2n) is 3.18. The molecule has 14 heavy (non-hydrogen) atoms. The van der Waals surface area contributed by atoms with E-state index in [1.165, 1.54) is 6.92 Å². The minimum atomic E-state index is -0.428. The molecule has 0 aliphatic heterocycles. The average Bonchev–Trinajstić information content (AvgIpc) is 2.15. The van der Waals surface area contributed by atoms with Crippen LogP contribution in [-0.4, -0.2) is 5.78 Å². The van der Waals surface area contributed by atoms with E-state index in [0.717, 1.165) is 11.6 Å². The molecule has 0 aromatic heterocycles. The van der Waals surface area contributed by atoms with Crippen molar-refractivity contribution in [3.05, 3.63) is 47.8 Å². The molecular weight excluding hydrogens is 179 g/mol. The lowest BCUT2D eigenvalue weighted by Gasteiger charge is -1.97. The maximum Gasteiger partial charge on any atom is 0.158 e. The summed E-state index contributed by atoms with van der Waals surface area (Å²) in [6.07, 6.45) is 2.08. The summed E-state index contributed by atoms with van der Waals surface area (Å²) in [5.41, 5.74) is 1.10. The number of halogens is 1. The fourth-order valence-electron chi connectivity index (χ4n) is 1.21. The van der Waals surface area contributed by atoms with Gasteiger partial charge in [-0.1, -0.05) is 30.3 Å². The van der Waals surface area contributed by atoms with Gasteiger partial charge in [-0.2, -0.15) is 0 Å². The Labute approximate surface area is 83.3 Å². The topological polar surface area (TPSA) is 17.1 Å². The van der Waals surface area contributed by atoms with Crippen LogP contribution in [0.15, 0.2) is 42.2 Å². The first-order chi connectivity index (χ1) is 6.68. The predicted molar refractivity (Wildman–Crippen MR) is 54.6 cm³/mol. The van der Waals surface area contributed by atoms with E-state index in [1.807, 2.05) is 30.3 Å². The SMILES string of the molecule is C/C(F)=C\C(=O)CCc1ccccc1. The zero-order chi connectivity index (χ0) is 10.4. The third kappa shape index (κ3) is 3.99. The summed E-state index contributed by atoms with van der Waals surface area (Å²) in [5, 5.41) is 0. The van der Waals surface area contributed by atoms with Crippen LogP contribution in [0.3, 0.4) is 0 Å². The smallest absolute Gasteiger partial charge is 0.158 e. The Kier molecular flexibility index (Phi) is 4.05. The van der Waals surface area contributed by atoms with Crippen molar-refractivity contribution in [2.75, 3.05) is 0 Å². The first-order valence-corrected chi connectivity index (χ1v) is 4.59. The van der Waals surface area contributed by atoms with Gasteiger partial charge in [-0.05, 0) is 18.9 Å². The highest BCUT2D eigenvalue weighted by molar-refractivity contribution is 5.90. The zero-order valence-electron chi connectivity index (χ0n) is 8.16. The molecule has 1 aromatic carbocycles. The van der Waals surface area contributed by atoms with Crippen molar-refractivity contribution in [2.24, 2.45) is 0 Å². The van der Waals surface area contributed by atoms with Crippen LogP contribution >= 0.6 is 0 Å². The second-order valence-corrected chi connectivity index (χ2v) is 3.18. The van der Waals surface area contributed by atoms with Crippen molar-refractivity contribution in [1.29, 1.82) is 0 Å². The van der Waals surface area contributed by atoms with Crippen molar-refractivity contribution < 1.29 is 9.18 Å². The van der Waals surface area contributed by atoms with Gasteiger partial charge in [0.2, 0.25) is 0 Å². The van der Waals surface area contributed by atoms with Gasteiger partial charge < -0.3 is 0 Å². The number of carbonyl (C=O) groups is 1. The van der Waals surface area contributed by atoms with Crippen LogP contribution in [0.25, 0.3) is 0 Å². The summed E-state index contributed by atoms with van der Waals surface area (Å²) < 4.78 is 12.3. The number of carbonyl (C=O) groups excluding carboxylic acids is 1. The molecule has 0 spiro atoms. The number of allylic oxidation sites excluding steroid dienone is 2. The number of hydrogen-bond donors (Lipinski definition) is 0. The largest absolute Gasteiger partial charge is 0.295 e. The molecule has 0 aliphatic rings. The normalized spacial score (nSPS) is 11.4. The minimum Gasteiger partial charge on any atom is -0.295 e. The maximum absolute atomic E-state index is 12.3. The molecule has 0 amide bonds. The molecule has 0 unspecified atom stereocenters. The van der Waals surface area contributed by atoms with Gasteiger partial charge in [0.25, 0.3) is 0 Å². The molecule has 0 atom stereocenters. The van der Waals surface area contributed by atoms with E-state index in [0.29, 0.717) is 12.8 Å². The Hall–Kier alpha value is -1.44. The van der Waals surface area contributed by atoms with Gasteiger partial charge in [0.1, 0.15) is 5.83 Å².